The van der Waals surface area contributed by atoms with E-state index in [1.54, 1.807) is 0 Å². The Morgan fingerprint density at radius 3 is 0.600 bits per heavy atom. The third-order valence-corrected chi connectivity index (χ3v) is 0. The maximum absolute atomic E-state index is 2.00. The van der Waals surface area contributed by atoms with Gasteiger partial charge in [0.25, 0.3) is 0 Å². The SMILES string of the molecule is C.CN(C)C.CN(C)C.[Rh]. The van der Waals surface area contributed by atoms with E-state index in [0.717, 1.165) is 0 Å². The van der Waals surface area contributed by atoms with Gasteiger partial charge in [0.05, 0.1) is 0 Å². The van der Waals surface area contributed by atoms with Crippen LogP contribution >= 0.6 is 0 Å². The first-order chi connectivity index (χ1) is 3.46. The molecule has 0 aromatic heterocycles. The fourth-order valence-electron chi connectivity index (χ4n) is 0. The number of hydrogen-bond donors (Lipinski definition) is 0. The summed E-state index contributed by atoms with van der Waals surface area (Å²) >= 11 is 0. The predicted molar refractivity (Wildman–Crippen MR) is 46.0 cm³/mol. The molecule has 0 fully saturated rings. The molecule has 0 aromatic rings. The number of rotatable bonds is 0. The fourth-order valence-corrected chi connectivity index (χ4v) is 0. The molecule has 0 aliphatic carbocycles. The van der Waals surface area contributed by atoms with Crippen LogP contribution in [0.1, 0.15) is 7.43 Å². The van der Waals surface area contributed by atoms with Crippen LogP contribution in [0.25, 0.3) is 0 Å². The maximum Gasteiger partial charge on any atom is 0 e. The van der Waals surface area contributed by atoms with Gasteiger partial charge in [0, 0.05) is 19.5 Å². The van der Waals surface area contributed by atoms with Crippen LogP contribution < -0.4 is 0 Å². The largest absolute Gasteiger partial charge is 0.312 e. The first kappa shape index (κ1) is 22.4. The molecule has 0 heterocycles. The quantitative estimate of drug-likeness (QED) is 0.580. The van der Waals surface area contributed by atoms with Crippen molar-refractivity contribution < 1.29 is 19.5 Å². The minimum atomic E-state index is 0. The Balaban J connectivity index is -0.0000000300. The molecule has 0 saturated carbocycles. The molecule has 0 rings (SSSR count). The molecule has 1 radical (unpaired) electrons. The minimum absolute atomic E-state index is 0. The normalized spacial score (nSPS) is 7.20. The van der Waals surface area contributed by atoms with E-state index in [-0.39, 0.29) is 26.9 Å². The standard InChI is InChI=1S/2C3H9N.CH4.Rh/c2*1-4(2)3;;/h2*1-3H3;1H4;. The van der Waals surface area contributed by atoms with E-state index in [1.165, 1.54) is 0 Å². The molecule has 69 valence electrons. The maximum atomic E-state index is 2.00. The molecule has 0 saturated heterocycles. The molecule has 3 heteroatoms. The van der Waals surface area contributed by atoms with Crippen LogP contribution in [0.5, 0.6) is 0 Å². The summed E-state index contributed by atoms with van der Waals surface area (Å²) < 4.78 is 0. The van der Waals surface area contributed by atoms with Gasteiger partial charge in [-0.1, -0.05) is 7.43 Å². The molecule has 2 nitrogen and oxygen atoms in total. The van der Waals surface area contributed by atoms with Gasteiger partial charge in [0.2, 0.25) is 0 Å². The van der Waals surface area contributed by atoms with Gasteiger partial charge in [0.15, 0.2) is 0 Å². The second kappa shape index (κ2) is 16.3. The van der Waals surface area contributed by atoms with E-state index >= 15 is 0 Å². The molecule has 0 spiro atoms. The van der Waals surface area contributed by atoms with Crippen LogP contribution in [-0.4, -0.2) is 52.1 Å². The van der Waals surface area contributed by atoms with Gasteiger partial charge in [-0.05, 0) is 42.3 Å². The van der Waals surface area contributed by atoms with Gasteiger partial charge < -0.3 is 9.80 Å². The zero-order valence-corrected chi connectivity index (χ0v) is 8.87. The van der Waals surface area contributed by atoms with Crippen molar-refractivity contribution in [3.8, 4) is 0 Å². The second-order valence-corrected chi connectivity index (χ2v) is 2.68. The van der Waals surface area contributed by atoms with Gasteiger partial charge in [-0.2, -0.15) is 0 Å². The first-order valence-corrected chi connectivity index (χ1v) is 2.68. The molecular weight excluding hydrogens is 215 g/mol. The Kier molecular flexibility index (Phi) is 36.5. The summed E-state index contributed by atoms with van der Waals surface area (Å²) in [5, 5.41) is 0. The molecular formula is C7H22N2Rh. The van der Waals surface area contributed by atoms with Crippen LogP contribution in [0.2, 0.25) is 0 Å². The van der Waals surface area contributed by atoms with Crippen molar-refractivity contribution in [2.45, 2.75) is 7.43 Å². The van der Waals surface area contributed by atoms with Gasteiger partial charge >= 0.3 is 0 Å². The summed E-state index contributed by atoms with van der Waals surface area (Å²) in [6, 6.07) is 0. The summed E-state index contributed by atoms with van der Waals surface area (Å²) in [7, 11) is 12.0. The number of hydrogen-bond acceptors (Lipinski definition) is 2. The summed E-state index contributed by atoms with van der Waals surface area (Å²) in [6.45, 7) is 0. The zero-order chi connectivity index (χ0) is 7.15. The molecule has 0 aliphatic heterocycles. The van der Waals surface area contributed by atoms with Crippen LogP contribution in [0.3, 0.4) is 0 Å². The van der Waals surface area contributed by atoms with Crippen LogP contribution in [0.15, 0.2) is 0 Å². The Hall–Kier alpha value is 0.543. The van der Waals surface area contributed by atoms with E-state index in [2.05, 4.69) is 0 Å². The van der Waals surface area contributed by atoms with Gasteiger partial charge in [0.1, 0.15) is 0 Å². The Morgan fingerprint density at radius 1 is 0.600 bits per heavy atom. The molecule has 0 aromatic carbocycles. The van der Waals surface area contributed by atoms with E-state index in [4.69, 9.17) is 0 Å². The van der Waals surface area contributed by atoms with E-state index in [1.807, 2.05) is 52.1 Å². The predicted octanol–water partition coefficient (Wildman–Crippen LogP) is 0.989. The molecule has 0 N–H and O–H groups in total. The van der Waals surface area contributed by atoms with Crippen molar-refractivity contribution >= 4 is 0 Å². The van der Waals surface area contributed by atoms with Gasteiger partial charge in [-0.3, -0.25) is 0 Å². The third-order valence-electron chi connectivity index (χ3n) is 0. The Labute approximate surface area is 79.3 Å². The third kappa shape index (κ3) is 1650. The Morgan fingerprint density at radius 2 is 0.600 bits per heavy atom. The molecule has 0 atom stereocenters. The second-order valence-electron chi connectivity index (χ2n) is 2.68. The van der Waals surface area contributed by atoms with Crippen molar-refractivity contribution in [1.29, 1.82) is 0 Å². The summed E-state index contributed by atoms with van der Waals surface area (Å²) in [4.78, 5) is 4.00. The first-order valence-electron chi connectivity index (χ1n) is 2.68. The average molecular weight is 237 g/mol. The van der Waals surface area contributed by atoms with E-state index in [9.17, 15) is 0 Å². The molecule has 0 bridgehead atoms. The van der Waals surface area contributed by atoms with Crippen molar-refractivity contribution in [2.24, 2.45) is 0 Å². The van der Waals surface area contributed by atoms with Crippen LogP contribution in [0, 0.1) is 0 Å². The minimum Gasteiger partial charge on any atom is -0.312 e. The van der Waals surface area contributed by atoms with Crippen molar-refractivity contribution in [3.05, 3.63) is 0 Å². The van der Waals surface area contributed by atoms with Crippen LogP contribution in [0.4, 0.5) is 0 Å². The summed E-state index contributed by atoms with van der Waals surface area (Å²) in [5.74, 6) is 0. The molecule has 0 aliphatic rings. The van der Waals surface area contributed by atoms with Crippen molar-refractivity contribution in [1.82, 2.24) is 9.80 Å². The van der Waals surface area contributed by atoms with Crippen molar-refractivity contribution in [3.63, 3.8) is 0 Å². The summed E-state index contributed by atoms with van der Waals surface area (Å²) in [6.07, 6.45) is 0. The van der Waals surface area contributed by atoms with E-state index in [0.29, 0.717) is 0 Å². The fraction of sp³-hybridized carbons (Fsp3) is 1.00. The molecule has 10 heavy (non-hydrogen) atoms. The zero-order valence-electron chi connectivity index (χ0n) is 7.23. The topological polar surface area (TPSA) is 6.48 Å². The van der Waals surface area contributed by atoms with E-state index < -0.39 is 0 Å². The number of nitrogens with zero attached hydrogens (tertiary/aromatic N) is 2. The van der Waals surface area contributed by atoms with Gasteiger partial charge in [-0.25, -0.2) is 0 Å². The monoisotopic (exact) mass is 237 g/mol. The Bertz CT molecular complexity index is 27.1. The van der Waals surface area contributed by atoms with Gasteiger partial charge in [-0.15, -0.1) is 0 Å². The van der Waals surface area contributed by atoms with Crippen LogP contribution in [-0.2, 0) is 19.5 Å². The molecule has 0 unspecified atom stereocenters. The summed E-state index contributed by atoms with van der Waals surface area (Å²) in [5.41, 5.74) is 0. The van der Waals surface area contributed by atoms with Crippen molar-refractivity contribution in [2.75, 3.05) is 42.3 Å². The average Bonchev–Trinajstić information content (AvgIpc) is 1.25. The molecule has 0 amide bonds. The smallest absolute Gasteiger partial charge is 0 e.